The van der Waals surface area contributed by atoms with Gasteiger partial charge in [0.2, 0.25) is 0 Å². The molecule has 0 aliphatic heterocycles. The van der Waals surface area contributed by atoms with Crippen LogP contribution in [0, 0.1) is 18.0 Å². The molecule has 0 aromatic heterocycles. The minimum atomic E-state index is -0.193. The van der Waals surface area contributed by atoms with Gasteiger partial charge in [0.15, 0.2) is 11.5 Å². The summed E-state index contributed by atoms with van der Waals surface area (Å²) in [6.07, 6.45) is 0. The molecule has 68 valence electrons. The van der Waals surface area contributed by atoms with E-state index in [1.807, 2.05) is 0 Å². The standard InChI is InChI=1S/C7H4O2S4/c1-9-3-2(8)4(10)6(12)7(13)5(3)11/h8H,1H3. The highest BCUT2D eigenvalue weighted by Crippen LogP contribution is 2.30. The lowest BCUT2D eigenvalue weighted by Gasteiger charge is -2.01. The predicted octanol–water partition coefficient (Wildman–Crippen LogP) is 3.19. The van der Waals surface area contributed by atoms with Crippen LogP contribution in [0.1, 0.15) is 0 Å². The third-order valence-electron chi connectivity index (χ3n) is 1.46. The van der Waals surface area contributed by atoms with E-state index >= 15 is 0 Å². The van der Waals surface area contributed by atoms with E-state index in [-0.39, 0.29) is 25.0 Å². The average molecular weight is 248 g/mol. The Morgan fingerprint density at radius 3 is 1.85 bits per heavy atom. The van der Waals surface area contributed by atoms with Crippen LogP contribution in [0.2, 0.25) is 0 Å². The summed E-state index contributed by atoms with van der Waals surface area (Å²) in [6.45, 7) is 0. The molecule has 1 rings (SSSR count). The van der Waals surface area contributed by atoms with E-state index in [0.29, 0.717) is 4.51 Å². The van der Waals surface area contributed by atoms with Crippen molar-refractivity contribution in [1.82, 2.24) is 0 Å². The van der Waals surface area contributed by atoms with Crippen molar-refractivity contribution in [2.75, 3.05) is 7.11 Å². The van der Waals surface area contributed by atoms with E-state index < -0.39 is 0 Å². The summed E-state index contributed by atoms with van der Waals surface area (Å²) in [5.41, 5.74) is 0. The molecule has 2 nitrogen and oxygen atoms in total. The smallest absolute Gasteiger partial charge is 0.181 e. The largest absolute Gasteiger partial charge is 0.503 e. The van der Waals surface area contributed by atoms with E-state index in [9.17, 15) is 5.11 Å². The summed E-state index contributed by atoms with van der Waals surface area (Å²) < 4.78 is 5.77. The van der Waals surface area contributed by atoms with Gasteiger partial charge in [-0.2, -0.15) is 0 Å². The predicted molar refractivity (Wildman–Crippen MR) is 60.4 cm³/mol. The molecule has 0 saturated heterocycles. The van der Waals surface area contributed by atoms with Gasteiger partial charge in [-0.3, -0.25) is 0 Å². The van der Waals surface area contributed by atoms with Crippen molar-refractivity contribution in [1.29, 1.82) is 0 Å². The maximum Gasteiger partial charge on any atom is 0.181 e. The molecule has 13 heavy (non-hydrogen) atoms. The zero-order valence-electron chi connectivity index (χ0n) is 6.49. The molecule has 0 aliphatic carbocycles. The number of methoxy groups -OCH3 is 1. The highest BCUT2D eigenvalue weighted by atomic mass is 32.1. The van der Waals surface area contributed by atoms with E-state index in [2.05, 4.69) is 0 Å². The Morgan fingerprint density at radius 2 is 1.38 bits per heavy atom. The van der Waals surface area contributed by atoms with Gasteiger partial charge < -0.3 is 9.84 Å². The molecular weight excluding hydrogens is 244 g/mol. The van der Waals surface area contributed by atoms with E-state index in [4.69, 9.17) is 53.6 Å². The second-order valence-corrected chi connectivity index (χ2v) is 3.83. The van der Waals surface area contributed by atoms with Crippen molar-refractivity contribution in [3.8, 4) is 11.5 Å². The topological polar surface area (TPSA) is 29.5 Å². The van der Waals surface area contributed by atoms with Crippen molar-refractivity contribution in [3.63, 3.8) is 0 Å². The number of hydrogen-bond donors (Lipinski definition) is 1. The summed E-state index contributed by atoms with van der Waals surface area (Å²) in [6, 6.07) is 0. The van der Waals surface area contributed by atoms with Gasteiger partial charge in [-0.1, -0.05) is 48.9 Å². The summed E-state index contributed by atoms with van der Waals surface area (Å²) in [5.74, 6) is -0.0558. The van der Waals surface area contributed by atoms with Gasteiger partial charge in [0.25, 0.3) is 0 Å². The Bertz CT molecular complexity index is 539. The Hall–Kier alpha value is -0.300. The molecule has 0 heterocycles. The van der Waals surface area contributed by atoms with E-state index in [0.717, 1.165) is 0 Å². The fourth-order valence-electron chi connectivity index (χ4n) is 0.817. The number of benzene rings is 1. The number of rotatable bonds is 1. The lowest BCUT2D eigenvalue weighted by atomic mass is 10.3. The van der Waals surface area contributed by atoms with Crippen LogP contribution in [0.3, 0.4) is 0 Å². The maximum absolute atomic E-state index is 9.47. The Kier molecular flexibility index (Phi) is 3.18. The van der Waals surface area contributed by atoms with Crippen LogP contribution in [-0.2, 0) is 0 Å². The maximum atomic E-state index is 9.47. The van der Waals surface area contributed by atoms with Crippen LogP contribution in [0.5, 0.6) is 11.5 Å². The van der Waals surface area contributed by atoms with Crippen LogP contribution in [-0.4, -0.2) is 12.2 Å². The van der Waals surface area contributed by atoms with Crippen LogP contribution >= 0.6 is 48.9 Å². The van der Waals surface area contributed by atoms with Crippen LogP contribution in [0.15, 0.2) is 0 Å². The fourth-order valence-corrected chi connectivity index (χ4v) is 1.82. The Balaban J connectivity index is 4.02. The molecule has 0 radical (unpaired) electrons. The zero-order chi connectivity index (χ0) is 10.2. The van der Waals surface area contributed by atoms with Crippen molar-refractivity contribution in [2.45, 2.75) is 0 Å². The van der Waals surface area contributed by atoms with Gasteiger partial charge in [0.05, 0.1) is 16.1 Å². The SMILES string of the molecule is COc1c(O)c(=S)c(=S)c(=S)c1=S. The van der Waals surface area contributed by atoms with Crippen molar-refractivity contribution in [3.05, 3.63) is 18.0 Å². The third kappa shape index (κ3) is 1.67. The number of phenols is 1. The quantitative estimate of drug-likeness (QED) is 0.768. The molecule has 0 amide bonds. The van der Waals surface area contributed by atoms with Gasteiger partial charge >= 0.3 is 0 Å². The molecule has 1 aromatic rings. The molecule has 6 heteroatoms. The highest BCUT2D eigenvalue weighted by molar-refractivity contribution is 7.76. The van der Waals surface area contributed by atoms with Crippen molar-refractivity contribution >= 4 is 48.9 Å². The molecule has 0 aliphatic rings. The molecule has 0 fully saturated rings. The van der Waals surface area contributed by atoms with Gasteiger partial charge in [-0.25, -0.2) is 0 Å². The first-order valence-electron chi connectivity index (χ1n) is 3.15. The van der Waals surface area contributed by atoms with Crippen LogP contribution in [0.25, 0.3) is 0 Å². The van der Waals surface area contributed by atoms with Gasteiger partial charge in [-0.15, -0.1) is 0 Å². The second-order valence-electron chi connectivity index (χ2n) is 2.20. The number of phenolic OH excluding ortho intramolecular Hbond substituents is 1. The monoisotopic (exact) mass is 248 g/mol. The van der Waals surface area contributed by atoms with Gasteiger partial charge in [0.1, 0.15) is 9.02 Å². The summed E-state index contributed by atoms with van der Waals surface area (Å²) >= 11 is 19.6. The lowest BCUT2D eigenvalue weighted by molar-refractivity contribution is 0.371. The lowest BCUT2D eigenvalue weighted by Crippen LogP contribution is -1.87. The summed E-state index contributed by atoms with van der Waals surface area (Å²) in [5, 5.41) is 9.47. The molecule has 1 aromatic carbocycles. The number of aromatic hydroxyl groups is 1. The minimum absolute atomic E-state index is 0.130. The number of ether oxygens (including phenoxy) is 1. The highest BCUT2D eigenvalue weighted by Gasteiger charge is 2.08. The first kappa shape index (κ1) is 10.8. The van der Waals surface area contributed by atoms with E-state index in [1.165, 1.54) is 7.11 Å². The molecule has 0 atom stereocenters. The first-order valence-corrected chi connectivity index (χ1v) is 4.79. The molecule has 0 unspecified atom stereocenters. The fraction of sp³-hybridized carbons (Fsp3) is 0.143. The Labute approximate surface area is 95.1 Å². The molecule has 0 spiro atoms. The van der Waals surface area contributed by atoms with Gasteiger partial charge in [0, 0.05) is 0 Å². The first-order chi connectivity index (χ1) is 6.00. The van der Waals surface area contributed by atoms with Crippen molar-refractivity contribution < 1.29 is 9.84 Å². The number of hydrogen-bond acceptors (Lipinski definition) is 6. The normalized spacial score (nSPS) is 9.92. The minimum Gasteiger partial charge on any atom is -0.503 e. The molecular formula is C7H4O2S4. The zero-order valence-corrected chi connectivity index (χ0v) is 9.75. The summed E-state index contributed by atoms with van der Waals surface area (Å²) in [4.78, 5) is 0. The third-order valence-corrected chi connectivity index (χ3v) is 3.45. The van der Waals surface area contributed by atoms with Crippen LogP contribution in [0.4, 0.5) is 0 Å². The van der Waals surface area contributed by atoms with Gasteiger partial charge in [-0.05, 0) is 0 Å². The van der Waals surface area contributed by atoms with E-state index in [1.54, 1.807) is 0 Å². The molecule has 0 saturated carbocycles. The summed E-state index contributed by atoms with van der Waals surface area (Å²) in [7, 11) is 1.39. The molecule has 1 N–H and O–H groups in total. The average Bonchev–Trinajstić information content (AvgIpc) is 2.13. The Morgan fingerprint density at radius 1 is 0.923 bits per heavy atom. The van der Waals surface area contributed by atoms with Crippen molar-refractivity contribution in [2.24, 2.45) is 0 Å². The van der Waals surface area contributed by atoms with Crippen LogP contribution < -0.4 is 4.74 Å². The molecule has 0 bridgehead atoms. The second kappa shape index (κ2) is 3.83.